The topological polar surface area (TPSA) is 41.9 Å². The maximum Gasteiger partial charge on any atom is 0.323 e. The van der Waals surface area contributed by atoms with Crippen molar-refractivity contribution < 1.29 is 9.53 Å². The van der Waals surface area contributed by atoms with Crippen LogP contribution < -0.4 is 0 Å². The van der Waals surface area contributed by atoms with Crippen LogP contribution in [0.15, 0.2) is 4.99 Å². The average molecular weight is 288 g/mol. The molecule has 0 aromatic carbocycles. The van der Waals surface area contributed by atoms with Gasteiger partial charge in [-0.15, -0.1) is 11.8 Å². The van der Waals surface area contributed by atoms with E-state index >= 15 is 0 Å². The van der Waals surface area contributed by atoms with Gasteiger partial charge in [-0.3, -0.25) is 14.7 Å². The highest BCUT2D eigenvalue weighted by Crippen LogP contribution is 2.30. The summed E-state index contributed by atoms with van der Waals surface area (Å²) in [5.41, 5.74) is 0. The van der Waals surface area contributed by atoms with Crippen molar-refractivity contribution in [2.75, 3.05) is 32.5 Å². The third kappa shape index (κ3) is 3.65. The van der Waals surface area contributed by atoms with Gasteiger partial charge in [-0.2, -0.15) is 0 Å². The summed E-state index contributed by atoms with van der Waals surface area (Å²) in [6.07, 6.45) is 2.04. The van der Waals surface area contributed by atoms with E-state index in [1.165, 1.54) is 12.2 Å². The Morgan fingerprint density at radius 1 is 1.67 bits per heavy atom. The molecule has 0 aromatic rings. The number of hydrogen-bond acceptors (Lipinski definition) is 6. The van der Waals surface area contributed by atoms with Gasteiger partial charge in [-0.1, -0.05) is 11.8 Å². The number of carbonyl (C=O) groups excluding carboxylic acids is 1. The normalized spacial score (nSPS) is 28.4. The zero-order valence-electron chi connectivity index (χ0n) is 10.9. The van der Waals surface area contributed by atoms with Gasteiger partial charge >= 0.3 is 5.97 Å². The van der Waals surface area contributed by atoms with E-state index in [-0.39, 0.29) is 12.0 Å². The smallest absolute Gasteiger partial charge is 0.323 e. The maximum absolute atomic E-state index is 11.6. The zero-order valence-corrected chi connectivity index (χ0v) is 12.6. The number of hydrogen-bond donors (Lipinski definition) is 0. The summed E-state index contributed by atoms with van der Waals surface area (Å²) >= 11 is 3.81. The molecule has 1 saturated heterocycles. The van der Waals surface area contributed by atoms with Crippen molar-refractivity contribution in [2.24, 2.45) is 4.99 Å². The van der Waals surface area contributed by atoms with E-state index in [9.17, 15) is 4.79 Å². The largest absolute Gasteiger partial charge is 0.468 e. The summed E-state index contributed by atoms with van der Waals surface area (Å²) < 4.78 is 5.42. The Balaban J connectivity index is 1.68. The van der Waals surface area contributed by atoms with Crippen LogP contribution in [0.5, 0.6) is 0 Å². The standard InChI is InChI=1S/C12H20N2O2S2/c1-9-13-8-11(18-9)17-7-6-14-5-3-4-10(14)12(15)16-2/h10-11H,3-8H2,1-2H3/t10-,11?/m0/s1. The van der Waals surface area contributed by atoms with Crippen molar-refractivity contribution in [1.29, 1.82) is 0 Å². The van der Waals surface area contributed by atoms with E-state index in [0.29, 0.717) is 4.58 Å². The predicted molar refractivity (Wildman–Crippen MR) is 78.4 cm³/mol. The van der Waals surface area contributed by atoms with Gasteiger partial charge in [0.2, 0.25) is 0 Å². The minimum atomic E-state index is -0.0769. The van der Waals surface area contributed by atoms with Gasteiger partial charge < -0.3 is 4.74 Å². The van der Waals surface area contributed by atoms with Crippen molar-refractivity contribution in [3.8, 4) is 0 Å². The molecular formula is C12H20N2O2S2. The predicted octanol–water partition coefficient (Wildman–Crippen LogP) is 1.85. The molecule has 2 rings (SSSR count). The lowest BCUT2D eigenvalue weighted by atomic mass is 10.2. The molecule has 2 heterocycles. The number of aliphatic imine (C=N–C) groups is 1. The molecule has 18 heavy (non-hydrogen) atoms. The van der Waals surface area contributed by atoms with E-state index in [4.69, 9.17) is 4.74 Å². The summed E-state index contributed by atoms with van der Waals surface area (Å²) in [6, 6.07) is -0.00943. The van der Waals surface area contributed by atoms with Crippen LogP contribution in [0.2, 0.25) is 0 Å². The SMILES string of the molecule is COC(=O)[C@@H]1CCCN1CCSC1CN=C(C)S1. The third-order valence-electron chi connectivity index (χ3n) is 3.28. The first kappa shape index (κ1) is 14.2. The Morgan fingerprint density at radius 3 is 3.17 bits per heavy atom. The quantitative estimate of drug-likeness (QED) is 0.722. The first-order valence-electron chi connectivity index (χ1n) is 6.32. The minimum absolute atomic E-state index is 0.00943. The number of esters is 1. The number of nitrogens with zero attached hydrogens (tertiary/aromatic N) is 2. The molecule has 1 fully saturated rings. The summed E-state index contributed by atoms with van der Waals surface area (Å²) in [5, 5.41) is 1.20. The lowest BCUT2D eigenvalue weighted by Crippen LogP contribution is -2.38. The molecule has 0 amide bonds. The molecule has 4 nitrogen and oxygen atoms in total. The van der Waals surface area contributed by atoms with Crippen molar-refractivity contribution in [1.82, 2.24) is 4.90 Å². The van der Waals surface area contributed by atoms with Crippen LogP contribution in [0.25, 0.3) is 0 Å². The molecule has 0 aliphatic carbocycles. The highest BCUT2D eigenvalue weighted by Gasteiger charge is 2.31. The van der Waals surface area contributed by atoms with E-state index < -0.39 is 0 Å². The molecule has 0 radical (unpaired) electrons. The second-order valence-corrected chi connectivity index (χ2v) is 7.50. The van der Waals surface area contributed by atoms with Crippen LogP contribution in [0.4, 0.5) is 0 Å². The summed E-state index contributed by atoms with van der Waals surface area (Å²) in [4.78, 5) is 18.2. The van der Waals surface area contributed by atoms with Gasteiger partial charge in [0, 0.05) is 12.3 Å². The van der Waals surface area contributed by atoms with Gasteiger partial charge in [0.05, 0.1) is 23.3 Å². The molecule has 0 bridgehead atoms. The Bertz CT molecular complexity index is 336. The van der Waals surface area contributed by atoms with Crippen LogP contribution in [0.3, 0.4) is 0 Å². The molecule has 0 aromatic heterocycles. The van der Waals surface area contributed by atoms with Crippen LogP contribution in [0, 0.1) is 0 Å². The van der Waals surface area contributed by atoms with Crippen LogP contribution in [-0.2, 0) is 9.53 Å². The highest BCUT2D eigenvalue weighted by molar-refractivity contribution is 8.25. The van der Waals surface area contributed by atoms with E-state index in [2.05, 4.69) is 16.8 Å². The number of carbonyl (C=O) groups is 1. The molecule has 1 unspecified atom stereocenters. The van der Waals surface area contributed by atoms with Gasteiger partial charge in [0.1, 0.15) is 6.04 Å². The molecule has 2 aliphatic rings. The van der Waals surface area contributed by atoms with E-state index in [1.54, 1.807) is 0 Å². The molecule has 2 aliphatic heterocycles. The zero-order chi connectivity index (χ0) is 13.0. The molecule has 2 atom stereocenters. The molecular weight excluding hydrogens is 268 g/mol. The molecule has 0 saturated carbocycles. The number of ether oxygens (including phenoxy) is 1. The molecule has 0 N–H and O–H groups in total. The Kier molecular flexibility index (Phi) is 5.38. The first-order chi connectivity index (χ1) is 8.70. The monoisotopic (exact) mass is 288 g/mol. The fourth-order valence-corrected chi connectivity index (χ4v) is 4.79. The van der Waals surface area contributed by atoms with Gasteiger partial charge in [0.25, 0.3) is 0 Å². The number of likely N-dealkylation sites (tertiary alicyclic amines) is 1. The highest BCUT2D eigenvalue weighted by atomic mass is 32.2. The summed E-state index contributed by atoms with van der Waals surface area (Å²) in [6.45, 7) is 4.99. The average Bonchev–Trinajstić information content (AvgIpc) is 2.98. The minimum Gasteiger partial charge on any atom is -0.468 e. The lowest BCUT2D eigenvalue weighted by Gasteiger charge is -2.22. The Labute approximate surface area is 117 Å². The van der Waals surface area contributed by atoms with Crippen molar-refractivity contribution in [2.45, 2.75) is 30.4 Å². The van der Waals surface area contributed by atoms with Crippen LogP contribution >= 0.6 is 23.5 Å². The first-order valence-corrected chi connectivity index (χ1v) is 8.24. The second-order valence-electron chi connectivity index (χ2n) is 4.50. The number of rotatable bonds is 5. The van der Waals surface area contributed by atoms with Crippen molar-refractivity contribution >= 4 is 34.5 Å². The van der Waals surface area contributed by atoms with Crippen molar-refractivity contribution in [3.05, 3.63) is 0 Å². The van der Waals surface area contributed by atoms with E-state index in [1.807, 2.05) is 23.5 Å². The molecule has 0 spiro atoms. The van der Waals surface area contributed by atoms with Gasteiger partial charge in [-0.05, 0) is 26.3 Å². The third-order valence-corrected chi connectivity index (χ3v) is 5.80. The number of methoxy groups -OCH3 is 1. The Morgan fingerprint density at radius 2 is 2.50 bits per heavy atom. The van der Waals surface area contributed by atoms with Gasteiger partial charge in [0.15, 0.2) is 0 Å². The molecule has 6 heteroatoms. The Hall–Kier alpha value is -0.200. The van der Waals surface area contributed by atoms with Crippen LogP contribution in [0.1, 0.15) is 19.8 Å². The fraction of sp³-hybridized carbons (Fsp3) is 0.833. The summed E-state index contributed by atoms with van der Waals surface area (Å²) in [7, 11) is 1.48. The maximum atomic E-state index is 11.6. The van der Waals surface area contributed by atoms with Crippen LogP contribution in [-0.4, -0.2) is 59.0 Å². The fourth-order valence-electron chi connectivity index (χ4n) is 2.35. The molecule has 102 valence electrons. The summed E-state index contributed by atoms with van der Waals surface area (Å²) in [5.74, 6) is 0.987. The number of thioether (sulfide) groups is 2. The second kappa shape index (κ2) is 6.82. The van der Waals surface area contributed by atoms with E-state index in [0.717, 1.165) is 38.2 Å². The van der Waals surface area contributed by atoms with Gasteiger partial charge in [-0.25, -0.2) is 0 Å². The lowest BCUT2D eigenvalue weighted by molar-refractivity contribution is -0.145. The van der Waals surface area contributed by atoms with Crippen molar-refractivity contribution in [3.63, 3.8) is 0 Å².